The molecule has 0 fully saturated rings. The van der Waals surface area contributed by atoms with Crippen LogP contribution >= 0.6 is 11.8 Å². The fraction of sp³-hybridized carbons (Fsp3) is 0.467. The van der Waals surface area contributed by atoms with E-state index in [1.165, 1.54) is 4.90 Å². The maximum absolute atomic E-state index is 12.2. The quantitative estimate of drug-likeness (QED) is 0.722. The van der Waals surface area contributed by atoms with Crippen molar-refractivity contribution in [1.82, 2.24) is 20.4 Å². The third-order valence-electron chi connectivity index (χ3n) is 3.26. The van der Waals surface area contributed by atoms with Crippen molar-refractivity contribution in [1.29, 1.82) is 0 Å². The van der Waals surface area contributed by atoms with Crippen molar-refractivity contribution >= 4 is 23.6 Å². The molecular weight excluding hydrogens is 332 g/mol. The van der Waals surface area contributed by atoms with E-state index in [9.17, 15) is 9.59 Å². The second-order valence-electron chi connectivity index (χ2n) is 4.91. The Hall–Kier alpha value is -2.29. The highest BCUT2D eigenvalue weighted by Gasteiger charge is 2.18. The van der Waals surface area contributed by atoms with Crippen LogP contribution in [0.2, 0.25) is 0 Å². The Bertz CT molecular complexity index is 697. The molecular formula is C15H20N4O4S. The number of hydrogen-bond donors (Lipinski definition) is 1. The van der Waals surface area contributed by atoms with Gasteiger partial charge in [0.15, 0.2) is 0 Å². The van der Waals surface area contributed by atoms with Crippen molar-refractivity contribution in [3.63, 3.8) is 0 Å². The average molecular weight is 352 g/mol. The van der Waals surface area contributed by atoms with Gasteiger partial charge in [0.1, 0.15) is 5.76 Å². The molecule has 0 aliphatic carbocycles. The summed E-state index contributed by atoms with van der Waals surface area (Å²) in [5, 5.41) is 10.8. The van der Waals surface area contributed by atoms with Gasteiger partial charge in [-0.2, -0.15) is 0 Å². The minimum atomic E-state index is -0.173. The topological polar surface area (TPSA) is 101 Å². The lowest BCUT2D eigenvalue weighted by Crippen LogP contribution is -2.41. The highest BCUT2D eigenvalue weighted by molar-refractivity contribution is 7.99. The van der Waals surface area contributed by atoms with Gasteiger partial charge in [0.05, 0.1) is 24.1 Å². The third kappa shape index (κ3) is 4.60. The number of aryl methyl sites for hydroxylation is 1. The molecule has 2 aromatic rings. The van der Waals surface area contributed by atoms with Crippen LogP contribution in [-0.2, 0) is 9.59 Å². The number of amides is 2. The Morgan fingerprint density at radius 2 is 2.12 bits per heavy atom. The maximum Gasteiger partial charge on any atom is 0.277 e. The number of rotatable bonds is 8. The summed E-state index contributed by atoms with van der Waals surface area (Å²) in [6, 6.07) is 1.74. The second-order valence-corrected chi connectivity index (χ2v) is 5.84. The molecule has 1 N–H and O–H groups in total. The van der Waals surface area contributed by atoms with Crippen LogP contribution < -0.4 is 5.32 Å². The van der Waals surface area contributed by atoms with Crippen molar-refractivity contribution in [2.75, 3.05) is 25.4 Å². The molecule has 24 heavy (non-hydrogen) atoms. The number of aromatic nitrogens is 2. The summed E-state index contributed by atoms with van der Waals surface area (Å²) < 4.78 is 10.7. The van der Waals surface area contributed by atoms with E-state index in [2.05, 4.69) is 15.5 Å². The number of nitrogens with zero attached hydrogens (tertiary/aromatic N) is 3. The Morgan fingerprint density at radius 3 is 2.75 bits per heavy atom. The standard InChI is InChI=1S/C15H20N4O4S/c1-4-16-12(20)8-19(5-2)13(21)9-24-15-18-17-14(23-15)11-6-7-22-10(11)3/h6-7H,4-5,8-9H2,1-3H3,(H,16,20). The molecule has 130 valence electrons. The summed E-state index contributed by atoms with van der Waals surface area (Å²) in [6.07, 6.45) is 1.55. The largest absolute Gasteiger partial charge is 0.469 e. The number of carbonyl (C=O) groups excluding carboxylic acids is 2. The summed E-state index contributed by atoms with van der Waals surface area (Å²) in [6.45, 7) is 6.51. The summed E-state index contributed by atoms with van der Waals surface area (Å²) in [5.74, 6) is 0.830. The highest BCUT2D eigenvalue weighted by atomic mass is 32.2. The number of hydrogen-bond acceptors (Lipinski definition) is 7. The normalized spacial score (nSPS) is 10.6. The van der Waals surface area contributed by atoms with Crippen LogP contribution in [0.5, 0.6) is 0 Å². The van der Waals surface area contributed by atoms with E-state index in [-0.39, 0.29) is 24.1 Å². The molecule has 2 amide bonds. The van der Waals surface area contributed by atoms with Crippen molar-refractivity contribution in [2.24, 2.45) is 0 Å². The lowest BCUT2D eigenvalue weighted by atomic mass is 10.3. The Balaban J connectivity index is 1.90. The molecule has 9 heteroatoms. The van der Waals surface area contributed by atoms with E-state index < -0.39 is 0 Å². The van der Waals surface area contributed by atoms with E-state index in [0.29, 0.717) is 30.0 Å². The zero-order valence-electron chi connectivity index (χ0n) is 13.9. The first-order chi connectivity index (χ1) is 11.5. The first kappa shape index (κ1) is 18.1. The Kier molecular flexibility index (Phi) is 6.42. The van der Waals surface area contributed by atoms with Crippen LogP contribution in [0.1, 0.15) is 19.6 Å². The molecule has 0 aliphatic heterocycles. The van der Waals surface area contributed by atoms with Gasteiger partial charge in [-0.1, -0.05) is 11.8 Å². The van der Waals surface area contributed by atoms with Crippen LogP contribution in [0.4, 0.5) is 0 Å². The number of furan rings is 1. The smallest absolute Gasteiger partial charge is 0.277 e. The SMILES string of the molecule is CCNC(=O)CN(CC)C(=O)CSc1nnc(-c2ccoc2C)o1. The summed E-state index contributed by atoms with van der Waals surface area (Å²) in [4.78, 5) is 25.3. The van der Waals surface area contributed by atoms with Crippen LogP contribution in [0.25, 0.3) is 11.5 Å². The number of thioether (sulfide) groups is 1. The van der Waals surface area contributed by atoms with E-state index in [0.717, 1.165) is 17.3 Å². The zero-order valence-corrected chi connectivity index (χ0v) is 14.7. The summed E-state index contributed by atoms with van der Waals surface area (Å²) in [7, 11) is 0. The fourth-order valence-electron chi connectivity index (χ4n) is 2.00. The fourth-order valence-corrected chi connectivity index (χ4v) is 2.67. The van der Waals surface area contributed by atoms with Gasteiger partial charge in [0.2, 0.25) is 11.8 Å². The molecule has 0 saturated carbocycles. The van der Waals surface area contributed by atoms with E-state index in [1.807, 2.05) is 13.8 Å². The molecule has 2 heterocycles. The maximum atomic E-state index is 12.2. The minimum absolute atomic E-state index is 0.0486. The van der Waals surface area contributed by atoms with Gasteiger partial charge in [0.25, 0.3) is 11.1 Å². The van der Waals surface area contributed by atoms with Crippen LogP contribution in [0, 0.1) is 6.92 Å². The first-order valence-corrected chi connectivity index (χ1v) is 8.58. The molecule has 0 aromatic carbocycles. The van der Waals surface area contributed by atoms with Crippen LogP contribution in [0.3, 0.4) is 0 Å². The van der Waals surface area contributed by atoms with Gasteiger partial charge in [-0.25, -0.2) is 0 Å². The molecule has 2 aromatic heterocycles. The van der Waals surface area contributed by atoms with Gasteiger partial charge < -0.3 is 19.1 Å². The number of nitrogens with one attached hydrogen (secondary N) is 1. The molecule has 8 nitrogen and oxygen atoms in total. The van der Waals surface area contributed by atoms with Crippen molar-refractivity contribution in [3.05, 3.63) is 18.1 Å². The summed E-state index contributed by atoms with van der Waals surface area (Å²) in [5.41, 5.74) is 0.729. The van der Waals surface area contributed by atoms with Gasteiger partial charge in [-0.05, 0) is 26.8 Å². The number of carbonyl (C=O) groups is 2. The predicted octanol–water partition coefficient (Wildman–Crippen LogP) is 1.71. The molecule has 0 bridgehead atoms. The minimum Gasteiger partial charge on any atom is -0.469 e. The monoisotopic (exact) mass is 352 g/mol. The van der Waals surface area contributed by atoms with E-state index >= 15 is 0 Å². The molecule has 2 rings (SSSR count). The zero-order chi connectivity index (χ0) is 17.5. The van der Waals surface area contributed by atoms with Gasteiger partial charge in [0, 0.05) is 13.1 Å². The first-order valence-electron chi connectivity index (χ1n) is 7.60. The van der Waals surface area contributed by atoms with Gasteiger partial charge in [-0.3, -0.25) is 9.59 Å². The molecule has 0 radical (unpaired) electrons. The molecule has 0 aliphatic rings. The number of likely N-dealkylation sites (N-methyl/N-ethyl adjacent to an activating group) is 2. The van der Waals surface area contributed by atoms with Crippen LogP contribution in [-0.4, -0.2) is 52.3 Å². The molecule has 0 unspecified atom stereocenters. The van der Waals surface area contributed by atoms with Crippen molar-refractivity contribution < 1.29 is 18.4 Å². The van der Waals surface area contributed by atoms with Gasteiger partial charge in [-0.15, -0.1) is 10.2 Å². The van der Waals surface area contributed by atoms with Crippen LogP contribution in [0.15, 0.2) is 26.4 Å². The van der Waals surface area contributed by atoms with E-state index in [4.69, 9.17) is 8.83 Å². The Morgan fingerprint density at radius 1 is 1.33 bits per heavy atom. The Labute approximate surface area is 144 Å². The lowest BCUT2D eigenvalue weighted by molar-refractivity contribution is -0.133. The lowest BCUT2D eigenvalue weighted by Gasteiger charge is -2.19. The predicted molar refractivity (Wildman–Crippen MR) is 88.4 cm³/mol. The summed E-state index contributed by atoms with van der Waals surface area (Å²) >= 11 is 1.14. The third-order valence-corrected chi connectivity index (χ3v) is 4.06. The molecule has 0 atom stereocenters. The second kappa shape index (κ2) is 8.53. The molecule has 0 saturated heterocycles. The highest BCUT2D eigenvalue weighted by Crippen LogP contribution is 2.26. The average Bonchev–Trinajstić information content (AvgIpc) is 3.19. The van der Waals surface area contributed by atoms with Crippen molar-refractivity contribution in [2.45, 2.75) is 26.0 Å². The molecule has 0 spiro atoms. The van der Waals surface area contributed by atoms with E-state index in [1.54, 1.807) is 19.3 Å². The van der Waals surface area contributed by atoms with Crippen molar-refractivity contribution in [3.8, 4) is 11.5 Å². The van der Waals surface area contributed by atoms with Gasteiger partial charge >= 0.3 is 0 Å².